The number of carbonyl (C=O) groups excluding carboxylic acids is 2. The highest BCUT2D eigenvalue weighted by Gasteiger charge is 2.35. The van der Waals surface area contributed by atoms with E-state index in [0.29, 0.717) is 24.7 Å². The second-order valence-electron chi connectivity index (χ2n) is 5.38. The van der Waals surface area contributed by atoms with Gasteiger partial charge in [-0.3, -0.25) is 15.0 Å². The van der Waals surface area contributed by atoms with Gasteiger partial charge in [0.1, 0.15) is 6.04 Å². The van der Waals surface area contributed by atoms with Crippen LogP contribution in [0, 0.1) is 0 Å². The fourth-order valence-electron chi connectivity index (χ4n) is 2.33. The van der Waals surface area contributed by atoms with Gasteiger partial charge in [-0.1, -0.05) is 13.8 Å². The topological polar surface area (TPSA) is 89.3 Å². The van der Waals surface area contributed by atoms with Crippen molar-refractivity contribution in [3.8, 4) is 0 Å². The van der Waals surface area contributed by atoms with E-state index in [-0.39, 0.29) is 11.8 Å². The molecular weight excluding hydrogens is 274 g/mol. The molecule has 1 aliphatic rings. The summed E-state index contributed by atoms with van der Waals surface area (Å²) in [6, 6.07) is -0.517. The van der Waals surface area contributed by atoms with Crippen LogP contribution >= 0.6 is 0 Å². The van der Waals surface area contributed by atoms with Gasteiger partial charge in [-0.2, -0.15) is 10.1 Å². The average molecular weight is 295 g/mol. The van der Waals surface area contributed by atoms with E-state index in [4.69, 9.17) is 4.74 Å². The van der Waals surface area contributed by atoms with Crippen LogP contribution in [0.2, 0.25) is 0 Å². The third-order valence-corrected chi connectivity index (χ3v) is 3.50. The molecule has 1 aromatic rings. The van der Waals surface area contributed by atoms with Crippen LogP contribution in [0.3, 0.4) is 0 Å². The first-order valence-electron chi connectivity index (χ1n) is 7.00. The molecule has 8 heteroatoms. The minimum Gasteiger partial charge on any atom is -0.453 e. The van der Waals surface area contributed by atoms with Crippen molar-refractivity contribution >= 4 is 17.9 Å². The fourth-order valence-corrected chi connectivity index (χ4v) is 2.33. The zero-order valence-corrected chi connectivity index (χ0v) is 12.8. The van der Waals surface area contributed by atoms with Crippen molar-refractivity contribution < 1.29 is 14.3 Å². The normalized spacial score (nSPS) is 18.1. The van der Waals surface area contributed by atoms with E-state index in [1.54, 1.807) is 7.05 Å². The van der Waals surface area contributed by atoms with Crippen molar-refractivity contribution in [3.05, 3.63) is 5.82 Å². The lowest BCUT2D eigenvalue weighted by Gasteiger charge is -2.21. The van der Waals surface area contributed by atoms with Gasteiger partial charge in [0, 0.05) is 19.5 Å². The minimum atomic E-state index is -0.517. The van der Waals surface area contributed by atoms with Crippen LogP contribution in [0.25, 0.3) is 0 Å². The number of methoxy groups -OCH3 is 1. The highest BCUT2D eigenvalue weighted by Crippen LogP contribution is 2.20. The highest BCUT2D eigenvalue weighted by molar-refractivity contribution is 5.95. The Bertz CT molecular complexity index is 540. The van der Waals surface area contributed by atoms with E-state index in [1.165, 1.54) is 16.7 Å². The van der Waals surface area contributed by atoms with Gasteiger partial charge in [0.25, 0.3) is 0 Å². The Kier molecular flexibility index (Phi) is 4.44. The van der Waals surface area contributed by atoms with Gasteiger partial charge in [0.15, 0.2) is 5.82 Å². The smallest absolute Gasteiger partial charge is 0.410 e. The summed E-state index contributed by atoms with van der Waals surface area (Å²) < 4.78 is 6.23. The molecule has 0 radical (unpaired) electrons. The number of hydrogen-bond donors (Lipinski definition) is 1. The van der Waals surface area contributed by atoms with Gasteiger partial charge in [-0.05, 0) is 12.8 Å². The van der Waals surface area contributed by atoms with Crippen molar-refractivity contribution in [2.45, 2.75) is 38.6 Å². The summed E-state index contributed by atoms with van der Waals surface area (Å²) in [6.07, 6.45) is 0.924. The number of hydrogen-bond acceptors (Lipinski definition) is 5. The minimum absolute atomic E-state index is 0.180. The van der Waals surface area contributed by atoms with Crippen LogP contribution in [0.1, 0.15) is 38.4 Å². The molecule has 0 unspecified atom stereocenters. The molecule has 2 rings (SSSR count). The van der Waals surface area contributed by atoms with Crippen LogP contribution < -0.4 is 5.32 Å². The van der Waals surface area contributed by atoms with E-state index < -0.39 is 12.1 Å². The number of amides is 2. The first kappa shape index (κ1) is 15.3. The molecule has 116 valence electrons. The number of nitrogens with zero attached hydrogens (tertiary/aromatic N) is 4. The van der Waals surface area contributed by atoms with Gasteiger partial charge in [-0.15, -0.1) is 0 Å². The van der Waals surface area contributed by atoms with E-state index in [2.05, 4.69) is 15.4 Å². The maximum atomic E-state index is 12.3. The number of rotatable bonds is 3. The summed E-state index contributed by atoms with van der Waals surface area (Å²) in [5, 5.41) is 6.98. The Morgan fingerprint density at radius 1 is 1.43 bits per heavy atom. The van der Waals surface area contributed by atoms with Gasteiger partial charge < -0.3 is 4.74 Å². The zero-order chi connectivity index (χ0) is 15.6. The second-order valence-corrected chi connectivity index (χ2v) is 5.38. The summed E-state index contributed by atoms with van der Waals surface area (Å²) in [6.45, 7) is 4.49. The van der Waals surface area contributed by atoms with E-state index in [9.17, 15) is 9.59 Å². The number of ether oxygens (including phenoxy) is 1. The number of nitrogens with one attached hydrogen (secondary N) is 1. The van der Waals surface area contributed by atoms with Crippen LogP contribution in [0.15, 0.2) is 0 Å². The van der Waals surface area contributed by atoms with Crippen molar-refractivity contribution in [2.24, 2.45) is 7.05 Å². The van der Waals surface area contributed by atoms with E-state index in [0.717, 1.165) is 6.42 Å². The van der Waals surface area contributed by atoms with Gasteiger partial charge in [0.2, 0.25) is 11.9 Å². The lowest BCUT2D eigenvalue weighted by molar-refractivity contribution is -0.120. The maximum Gasteiger partial charge on any atom is 0.410 e. The third-order valence-electron chi connectivity index (χ3n) is 3.50. The molecule has 1 N–H and O–H groups in total. The van der Waals surface area contributed by atoms with Crippen LogP contribution in [0.5, 0.6) is 0 Å². The molecule has 2 heterocycles. The number of anilines is 1. The summed E-state index contributed by atoms with van der Waals surface area (Å²) in [5.41, 5.74) is 0. The highest BCUT2D eigenvalue weighted by atomic mass is 16.5. The quantitative estimate of drug-likeness (QED) is 0.902. The SMILES string of the molecule is COC(=O)N1CCC[C@H]1C(=O)Nc1nc(C(C)C)nn1C. The first-order chi connectivity index (χ1) is 9.93. The Balaban J connectivity index is 2.09. The molecule has 1 aromatic heterocycles. The number of aromatic nitrogens is 3. The lowest BCUT2D eigenvalue weighted by Crippen LogP contribution is -2.43. The summed E-state index contributed by atoms with van der Waals surface area (Å²) in [4.78, 5) is 29.7. The Hall–Kier alpha value is -2.12. The van der Waals surface area contributed by atoms with Gasteiger partial charge in [0.05, 0.1) is 7.11 Å². The molecule has 21 heavy (non-hydrogen) atoms. The van der Waals surface area contributed by atoms with Crippen LogP contribution in [-0.2, 0) is 16.6 Å². The molecule has 0 bridgehead atoms. The summed E-state index contributed by atoms with van der Waals surface area (Å²) in [5.74, 6) is 0.980. The van der Waals surface area contributed by atoms with Gasteiger partial charge in [-0.25, -0.2) is 9.48 Å². The number of aryl methyl sites for hydroxylation is 1. The Labute approximate surface area is 123 Å². The largest absolute Gasteiger partial charge is 0.453 e. The van der Waals surface area contributed by atoms with Crippen molar-refractivity contribution in [3.63, 3.8) is 0 Å². The molecule has 0 saturated carbocycles. The third kappa shape index (κ3) is 3.14. The van der Waals surface area contributed by atoms with Crippen molar-refractivity contribution in [1.29, 1.82) is 0 Å². The fraction of sp³-hybridized carbons (Fsp3) is 0.692. The molecule has 2 amide bonds. The first-order valence-corrected chi connectivity index (χ1v) is 7.00. The van der Waals surface area contributed by atoms with Crippen LogP contribution in [0.4, 0.5) is 10.7 Å². The standard InChI is InChI=1S/C13H21N5O3/c1-8(2)10-14-12(17(3)16-10)15-11(19)9-6-5-7-18(9)13(20)21-4/h8-9H,5-7H2,1-4H3,(H,14,15,16,19)/t9-/m0/s1. The molecule has 0 aromatic carbocycles. The molecule has 1 saturated heterocycles. The zero-order valence-electron chi connectivity index (χ0n) is 12.8. The summed E-state index contributed by atoms with van der Waals surface area (Å²) in [7, 11) is 3.04. The monoisotopic (exact) mass is 295 g/mol. The average Bonchev–Trinajstić information content (AvgIpc) is 3.05. The predicted molar refractivity (Wildman–Crippen MR) is 75.9 cm³/mol. The molecule has 0 spiro atoms. The maximum absolute atomic E-state index is 12.3. The molecule has 0 aliphatic carbocycles. The molecule has 8 nitrogen and oxygen atoms in total. The van der Waals surface area contributed by atoms with Crippen molar-refractivity contribution in [2.75, 3.05) is 19.0 Å². The van der Waals surface area contributed by atoms with E-state index >= 15 is 0 Å². The van der Waals surface area contributed by atoms with Gasteiger partial charge >= 0.3 is 6.09 Å². The molecule has 1 fully saturated rings. The van der Waals surface area contributed by atoms with Crippen LogP contribution in [-0.4, -0.2) is 51.4 Å². The lowest BCUT2D eigenvalue weighted by atomic mass is 10.2. The number of likely N-dealkylation sites (tertiary alicyclic amines) is 1. The second kappa shape index (κ2) is 6.11. The number of carbonyl (C=O) groups is 2. The Morgan fingerprint density at radius 3 is 2.71 bits per heavy atom. The summed E-state index contributed by atoms with van der Waals surface area (Å²) >= 11 is 0. The molecular formula is C13H21N5O3. The van der Waals surface area contributed by atoms with Crippen molar-refractivity contribution in [1.82, 2.24) is 19.7 Å². The predicted octanol–water partition coefficient (Wildman–Crippen LogP) is 1.11. The van der Waals surface area contributed by atoms with E-state index in [1.807, 2.05) is 13.8 Å². The molecule has 1 atom stereocenters. The molecule has 1 aliphatic heterocycles. The Morgan fingerprint density at radius 2 is 2.14 bits per heavy atom.